The number of hydrogen-bond donors (Lipinski definition) is 1. The van der Waals surface area contributed by atoms with E-state index in [4.69, 9.17) is 4.74 Å². The van der Waals surface area contributed by atoms with Crippen LogP contribution in [0.2, 0.25) is 0 Å². The third-order valence-corrected chi connectivity index (χ3v) is 6.99. The number of carbonyl (C=O) groups is 1. The van der Waals surface area contributed by atoms with Gasteiger partial charge >= 0.3 is 12.1 Å². The molecular formula is C20H18F4N2O4S. The summed E-state index contributed by atoms with van der Waals surface area (Å²) < 4.78 is 85.4. The fraction of sp³-hybridized carbons (Fsp3) is 0.350. The van der Waals surface area contributed by atoms with Crippen molar-refractivity contribution >= 4 is 15.9 Å². The first-order valence-corrected chi connectivity index (χ1v) is 10.8. The zero-order valence-electron chi connectivity index (χ0n) is 16.1. The van der Waals surface area contributed by atoms with Crippen LogP contribution in [0.25, 0.3) is 0 Å². The summed E-state index contributed by atoms with van der Waals surface area (Å²) in [6.45, 7) is -0.322. The van der Waals surface area contributed by atoms with E-state index in [1.807, 2.05) is 0 Å². The lowest BCUT2D eigenvalue weighted by atomic mass is 9.89. The van der Waals surface area contributed by atoms with Crippen LogP contribution in [-0.2, 0) is 38.1 Å². The Hall–Kier alpha value is -2.50. The number of alkyl halides is 3. The van der Waals surface area contributed by atoms with Crippen molar-refractivity contribution < 1.29 is 35.5 Å². The quantitative estimate of drug-likeness (QED) is 0.715. The molecule has 0 unspecified atom stereocenters. The van der Waals surface area contributed by atoms with E-state index in [-0.39, 0.29) is 37.6 Å². The van der Waals surface area contributed by atoms with E-state index < -0.39 is 33.5 Å². The highest BCUT2D eigenvalue weighted by Gasteiger charge is 2.45. The molecule has 1 saturated heterocycles. The van der Waals surface area contributed by atoms with Crippen molar-refractivity contribution in [1.82, 2.24) is 9.62 Å². The number of rotatable bonds is 4. The molecule has 166 valence electrons. The summed E-state index contributed by atoms with van der Waals surface area (Å²) in [5, 5.41) is 0. The molecule has 0 aliphatic carbocycles. The SMILES string of the molecule is O=C(N1CCc2ccc(S(=O)(=O)NC3(c4ccc(F)cc4)COC3)cc2C1)C(F)(F)F. The van der Waals surface area contributed by atoms with Crippen LogP contribution in [0.4, 0.5) is 17.6 Å². The molecule has 11 heteroatoms. The second-order valence-electron chi connectivity index (χ2n) is 7.59. The summed E-state index contributed by atoms with van der Waals surface area (Å²) in [5.41, 5.74) is 0.488. The van der Waals surface area contributed by atoms with Crippen LogP contribution < -0.4 is 4.72 Å². The van der Waals surface area contributed by atoms with Gasteiger partial charge < -0.3 is 9.64 Å². The molecule has 2 aromatic carbocycles. The van der Waals surface area contributed by atoms with Gasteiger partial charge in [0.25, 0.3) is 0 Å². The van der Waals surface area contributed by atoms with Crippen molar-refractivity contribution in [3.8, 4) is 0 Å². The molecule has 31 heavy (non-hydrogen) atoms. The Morgan fingerprint density at radius 2 is 1.74 bits per heavy atom. The minimum absolute atomic E-state index is 0.0522. The number of fused-ring (bicyclic) bond motifs is 1. The summed E-state index contributed by atoms with van der Waals surface area (Å²) in [6.07, 6.45) is -4.80. The molecular weight excluding hydrogens is 440 g/mol. The number of benzene rings is 2. The van der Waals surface area contributed by atoms with Crippen LogP contribution in [0.15, 0.2) is 47.4 Å². The van der Waals surface area contributed by atoms with Crippen molar-refractivity contribution in [3.05, 3.63) is 65.0 Å². The third-order valence-electron chi connectivity index (χ3n) is 5.45. The highest BCUT2D eigenvalue weighted by atomic mass is 32.2. The Morgan fingerprint density at radius 3 is 2.32 bits per heavy atom. The predicted octanol–water partition coefficient (Wildman–Crippen LogP) is 2.48. The van der Waals surface area contributed by atoms with E-state index in [0.29, 0.717) is 21.6 Å². The molecule has 6 nitrogen and oxygen atoms in total. The first-order chi connectivity index (χ1) is 14.5. The molecule has 0 bridgehead atoms. The maximum Gasteiger partial charge on any atom is 0.471 e. The molecule has 2 aliphatic heterocycles. The standard InChI is InChI=1S/C20H18F4N2O4S/c21-16-4-2-15(3-5-16)19(11-30-12-19)25-31(28,29)17-6-1-13-7-8-26(10-14(13)9-17)18(27)20(22,23)24/h1-6,9,25H,7-8,10-12H2. The van der Waals surface area contributed by atoms with Gasteiger partial charge in [-0.25, -0.2) is 12.8 Å². The fourth-order valence-electron chi connectivity index (χ4n) is 3.73. The van der Waals surface area contributed by atoms with E-state index in [2.05, 4.69) is 4.72 Å². The van der Waals surface area contributed by atoms with Gasteiger partial charge in [0.15, 0.2) is 0 Å². The zero-order chi connectivity index (χ0) is 22.4. The summed E-state index contributed by atoms with van der Waals surface area (Å²) in [4.78, 5) is 12.1. The Balaban J connectivity index is 1.60. The maximum atomic E-state index is 13.3. The molecule has 1 fully saturated rings. The third kappa shape index (κ3) is 4.17. The minimum atomic E-state index is -4.99. The predicted molar refractivity (Wildman–Crippen MR) is 101 cm³/mol. The number of halogens is 4. The number of sulfonamides is 1. The topological polar surface area (TPSA) is 75.7 Å². The van der Waals surface area contributed by atoms with Gasteiger partial charge in [-0.3, -0.25) is 4.79 Å². The Morgan fingerprint density at radius 1 is 1.06 bits per heavy atom. The average molecular weight is 458 g/mol. The monoisotopic (exact) mass is 458 g/mol. The van der Waals surface area contributed by atoms with Crippen molar-refractivity contribution in [2.75, 3.05) is 19.8 Å². The van der Waals surface area contributed by atoms with E-state index >= 15 is 0 Å². The number of carbonyl (C=O) groups excluding carboxylic acids is 1. The maximum absolute atomic E-state index is 13.3. The van der Waals surface area contributed by atoms with Crippen LogP contribution in [-0.4, -0.2) is 45.2 Å². The van der Waals surface area contributed by atoms with Crippen molar-refractivity contribution in [2.45, 2.75) is 29.6 Å². The summed E-state index contributed by atoms with van der Waals surface area (Å²) in [7, 11) is -4.09. The van der Waals surface area contributed by atoms with E-state index in [1.54, 1.807) is 6.07 Å². The van der Waals surface area contributed by atoms with Gasteiger partial charge in [0.1, 0.15) is 11.4 Å². The summed E-state index contributed by atoms with van der Waals surface area (Å²) in [5.74, 6) is -2.42. The van der Waals surface area contributed by atoms with E-state index in [9.17, 15) is 30.8 Å². The Labute approximate surface area is 175 Å². The first kappa shape index (κ1) is 21.7. The second-order valence-corrected chi connectivity index (χ2v) is 9.27. The van der Waals surface area contributed by atoms with Gasteiger partial charge in [-0.15, -0.1) is 0 Å². The lowest BCUT2D eigenvalue weighted by Gasteiger charge is -2.42. The number of hydrogen-bond acceptors (Lipinski definition) is 4. The van der Waals surface area contributed by atoms with Crippen molar-refractivity contribution in [2.24, 2.45) is 0 Å². The fourth-order valence-corrected chi connectivity index (χ4v) is 5.14. The molecule has 4 rings (SSSR count). The lowest BCUT2D eigenvalue weighted by molar-refractivity contribution is -0.186. The van der Waals surface area contributed by atoms with Crippen LogP contribution in [0.3, 0.4) is 0 Å². The molecule has 0 saturated carbocycles. The Bertz CT molecular complexity index is 1110. The van der Waals surface area contributed by atoms with Crippen molar-refractivity contribution in [3.63, 3.8) is 0 Å². The number of nitrogens with one attached hydrogen (secondary N) is 1. The summed E-state index contributed by atoms with van der Waals surface area (Å²) >= 11 is 0. The molecule has 0 radical (unpaired) electrons. The number of nitrogens with zero attached hydrogens (tertiary/aromatic N) is 1. The second kappa shape index (κ2) is 7.57. The van der Waals surface area contributed by atoms with Gasteiger partial charge in [-0.1, -0.05) is 18.2 Å². The van der Waals surface area contributed by atoms with Crippen LogP contribution >= 0.6 is 0 Å². The molecule has 2 aliphatic rings. The molecule has 1 amide bonds. The Kier molecular flexibility index (Phi) is 5.31. The molecule has 0 aromatic heterocycles. The number of amides is 1. The molecule has 1 N–H and O–H groups in total. The van der Waals surface area contributed by atoms with Gasteiger partial charge in [-0.05, 0) is 47.4 Å². The smallest absolute Gasteiger partial charge is 0.377 e. The lowest BCUT2D eigenvalue weighted by Crippen LogP contribution is -2.59. The van der Waals surface area contributed by atoms with Gasteiger partial charge in [0.2, 0.25) is 10.0 Å². The van der Waals surface area contributed by atoms with Gasteiger partial charge in [-0.2, -0.15) is 17.9 Å². The summed E-state index contributed by atoms with van der Waals surface area (Å²) in [6, 6.07) is 9.57. The molecule has 0 atom stereocenters. The molecule has 2 heterocycles. The molecule has 0 spiro atoms. The average Bonchev–Trinajstić information content (AvgIpc) is 2.69. The van der Waals surface area contributed by atoms with E-state index in [0.717, 1.165) is 0 Å². The van der Waals surface area contributed by atoms with Gasteiger partial charge in [0, 0.05) is 13.1 Å². The largest absolute Gasteiger partial charge is 0.471 e. The van der Waals surface area contributed by atoms with E-state index in [1.165, 1.54) is 36.4 Å². The number of ether oxygens (including phenoxy) is 1. The first-order valence-electron chi connectivity index (χ1n) is 9.36. The van der Waals surface area contributed by atoms with Crippen LogP contribution in [0.5, 0.6) is 0 Å². The van der Waals surface area contributed by atoms with Crippen LogP contribution in [0.1, 0.15) is 16.7 Å². The highest BCUT2D eigenvalue weighted by molar-refractivity contribution is 7.89. The zero-order valence-corrected chi connectivity index (χ0v) is 16.9. The molecule has 2 aromatic rings. The highest BCUT2D eigenvalue weighted by Crippen LogP contribution is 2.33. The van der Waals surface area contributed by atoms with Gasteiger partial charge in [0.05, 0.1) is 18.1 Å². The van der Waals surface area contributed by atoms with Crippen LogP contribution in [0, 0.1) is 5.82 Å². The minimum Gasteiger partial charge on any atom is -0.377 e. The van der Waals surface area contributed by atoms with Crippen molar-refractivity contribution in [1.29, 1.82) is 0 Å². The normalized spacial score (nSPS) is 18.3.